The lowest BCUT2D eigenvalue weighted by molar-refractivity contribution is -0.141. The number of hydrogen-bond acceptors (Lipinski definition) is 6. The van der Waals surface area contributed by atoms with Crippen molar-refractivity contribution >= 4 is 34.6 Å². The highest BCUT2D eigenvalue weighted by atomic mass is 16.4. The number of phenols is 1. The number of carboxylic acid groups (broad SMARTS) is 1. The number of carboxylic acids is 1. The lowest BCUT2D eigenvalue weighted by Crippen LogP contribution is -2.39. The molecule has 2 aromatic carbocycles. The summed E-state index contributed by atoms with van der Waals surface area (Å²) in [6.45, 7) is 4.05. The number of allylic oxidation sites excluding steroid dienone is 2. The molecule has 4 rings (SSSR count). The summed E-state index contributed by atoms with van der Waals surface area (Å²) < 4.78 is 0. The van der Waals surface area contributed by atoms with Gasteiger partial charge in [0.25, 0.3) is 0 Å². The van der Waals surface area contributed by atoms with Crippen LogP contribution in [0.3, 0.4) is 0 Å². The number of fused-ring (bicyclic) bond motifs is 2. The Labute approximate surface area is 253 Å². The number of benzene rings is 2. The summed E-state index contributed by atoms with van der Waals surface area (Å²) in [7, 11) is 0. The highest BCUT2D eigenvalue weighted by Crippen LogP contribution is 2.47. The molecule has 1 heterocycles. The van der Waals surface area contributed by atoms with Crippen LogP contribution in [0.25, 0.3) is 16.8 Å². The molecule has 4 atom stereocenters. The minimum absolute atomic E-state index is 0.0613. The van der Waals surface area contributed by atoms with E-state index in [0.717, 1.165) is 45.9 Å². The summed E-state index contributed by atoms with van der Waals surface area (Å²) in [5.41, 5.74) is 3.84. The second-order valence-corrected chi connectivity index (χ2v) is 11.9. The molecule has 8 nitrogen and oxygen atoms in total. The molecule has 0 radical (unpaired) electrons. The Morgan fingerprint density at radius 2 is 1.77 bits per heavy atom. The van der Waals surface area contributed by atoms with E-state index < -0.39 is 29.8 Å². The second-order valence-electron chi connectivity index (χ2n) is 11.9. The summed E-state index contributed by atoms with van der Waals surface area (Å²) in [5, 5.41) is 43.0. The zero-order valence-electron chi connectivity index (χ0n) is 25.3. The summed E-state index contributed by atoms with van der Waals surface area (Å²) in [6.07, 6.45) is 6.74. The van der Waals surface area contributed by atoms with Crippen molar-refractivity contribution in [2.45, 2.75) is 84.2 Å². The summed E-state index contributed by atoms with van der Waals surface area (Å²) in [6, 6.07) is 11.3. The number of nitrogens with zero attached hydrogens (tertiary/aromatic N) is 1. The number of phenolic OH excluding ortho intramolecular Hbond substituents is 1. The van der Waals surface area contributed by atoms with Gasteiger partial charge in [-0.15, -0.1) is 0 Å². The molecule has 2 aliphatic rings. The fraction of sp³-hybridized carbons (Fsp3) is 0.514. The number of likely N-dealkylation sites (tertiary alicyclic amines) is 1. The number of aromatic hydroxyl groups is 1. The number of carbonyl (C=O) groups excluding carboxylic acids is 2. The third-order valence-electron chi connectivity index (χ3n) is 9.14. The quantitative estimate of drug-likeness (QED) is 0.116. The Morgan fingerprint density at radius 1 is 1.02 bits per heavy atom. The van der Waals surface area contributed by atoms with Gasteiger partial charge in [0.2, 0.25) is 11.8 Å². The number of aliphatic hydroxyl groups excluding tert-OH is 2. The highest BCUT2D eigenvalue weighted by molar-refractivity contribution is 6.06. The molecule has 4 N–H and O–H groups in total. The molecule has 2 aromatic rings. The smallest absolute Gasteiger partial charge is 0.303 e. The van der Waals surface area contributed by atoms with Crippen LogP contribution in [0.4, 0.5) is 0 Å². The number of hydrogen-bond donors (Lipinski definition) is 4. The van der Waals surface area contributed by atoms with Crippen molar-refractivity contribution in [3.63, 3.8) is 0 Å². The molecular formula is C35H45NO7. The van der Waals surface area contributed by atoms with Gasteiger partial charge in [-0.2, -0.15) is 0 Å². The van der Waals surface area contributed by atoms with Crippen molar-refractivity contribution < 1.29 is 34.8 Å². The summed E-state index contributed by atoms with van der Waals surface area (Å²) in [5.74, 6) is -2.97. The Morgan fingerprint density at radius 3 is 2.44 bits per heavy atom. The van der Waals surface area contributed by atoms with E-state index in [-0.39, 0.29) is 37.1 Å². The fourth-order valence-corrected chi connectivity index (χ4v) is 6.99. The zero-order chi connectivity index (χ0) is 31.1. The predicted octanol–water partition coefficient (Wildman–Crippen LogP) is 5.84. The lowest BCUT2D eigenvalue weighted by Gasteiger charge is -2.36. The van der Waals surface area contributed by atoms with Crippen LogP contribution in [0.15, 0.2) is 53.1 Å². The maximum Gasteiger partial charge on any atom is 0.303 e. The van der Waals surface area contributed by atoms with Crippen LogP contribution in [0.2, 0.25) is 0 Å². The fourth-order valence-electron chi connectivity index (χ4n) is 6.99. The number of amides is 2. The highest BCUT2D eigenvalue weighted by Gasteiger charge is 2.54. The molecule has 2 amide bonds. The van der Waals surface area contributed by atoms with Crippen molar-refractivity contribution in [1.29, 1.82) is 0 Å². The maximum absolute atomic E-state index is 13.5. The predicted molar refractivity (Wildman–Crippen MR) is 166 cm³/mol. The van der Waals surface area contributed by atoms with Gasteiger partial charge in [-0.1, -0.05) is 74.2 Å². The largest absolute Gasteiger partial charge is 0.507 e. The van der Waals surface area contributed by atoms with Gasteiger partial charge in [0.1, 0.15) is 5.75 Å². The number of aliphatic carboxylic acids is 1. The standard InChI is InChI=1S/C35H45NO7/c1-3-10-24-20-27-33(35(43)36(34(27)42)18-9-5-6-13-31(40)41)28(21-37)32(24)30(39)16-14-22(4-2)19-23-15-17-29(38)26-12-8-7-11-25(23)26/h7-8,11-12,15,17,19,27-28,30,33,37-39H,3-6,9-10,13-14,16,18,20-21H2,1-2H3,(H,40,41)/b22-19+/t27-,28+,30-,33-/m1/s1. The van der Waals surface area contributed by atoms with Crippen LogP contribution in [-0.4, -0.2) is 62.4 Å². The first-order chi connectivity index (χ1) is 20.7. The normalized spacial score (nSPS) is 21.5. The van der Waals surface area contributed by atoms with Crippen molar-refractivity contribution in [1.82, 2.24) is 4.90 Å². The molecule has 0 bridgehead atoms. The Kier molecular flexibility index (Phi) is 11.2. The van der Waals surface area contributed by atoms with E-state index in [2.05, 4.69) is 13.0 Å². The minimum atomic E-state index is -0.860. The van der Waals surface area contributed by atoms with Crippen molar-refractivity contribution in [2.75, 3.05) is 13.2 Å². The number of unbranched alkanes of at least 4 members (excludes halogenated alkanes) is 2. The second kappa shape index (κ2) is 14.8. The Balaban J connectivity index is 1.52. The molecular weight excluding hydrogens is 546 g/mol. The van der Waals surface area contributed by atoms with Crippen molar-refractivity contribution in [2.24, 2.45) is 17.8 Å². The molecule has 0 aromatic heterocycles. The van der Waals surface area contributed by atoms with Gasteiger partial charge >= 0.3 is 5.97 Å². The van der Waals surface area contributed by atoms with E-state index in [1.807, 2.05) is 37.3 Å². The molecule has 1 saturated heterocycles. The first-order valence-electron chi connectivity index (χ1n) is 15.7. The molecule has 0 spiro atoms. The summed E-state index contributed by atoms with van der Waals surface area (Å²) >= 11 is 0. The SMILES string of the molecule is CCCC1=C([C@H](O)CC/C(=C/c2ccc(O)c3ccccc23)CC)[C@H](CO)[C@@H]2C(=O)N(CCCCCC(=O)O)C(=O)[C@@H]2C1. The average molecular weight is 592 g/mol. The van der Waals surface area contributed by atoms with Gasteiger partial charge < -0.3 is 20.4 Å². The third-order valence-corrected chi connectivity index (χ3v) is 9.14. The first-order valence-corrected chi connectivity index (χ1v) is 15.7. The Hall–Kier alpha value is -3.49. The zero-order valence-corrected chi connectivity index (χ0v) is 25.3. The summed E-state index contributed by atoms with van der Waals surface area (Å²) in [4.78, 5) is 39.0. The topological polar surface area (TPSA) is 135 Å². The number of aliphatic hydroxyl groups is 2. The van der Waals surface area contributed by atoms with Gasteiger partial charge in [-0.25, -0.2) is 0 Å². The molecule has 1 aliphatic carbocycles. The van der Waals surface area contributed by atoms with E-state index in [1.54, 1.807) is 6.07 Å². The monoisotopic (exact) mass is 591 g/mol. The van der Waals surface area contributed by atoms with Crippen LogP contribution in [0.5, 0.6) is 5.75 Å². The molecule has 1 fully saturated rings. The average Bonchev–Trinajstić information content (AvgIpc) is 3.23. The maximum atomic E-state index is 13.5. The molecule has 43 heavy (non-hydrogen) atoms. The van der Waals surface area contributed by atoms with E-state index in [0.29, 0.717) is 44.9 Å². The van der Waals surface area contributed by atoms with Gasteiger partial charge in [0.15, 0.2) is 0 Å². The van der Waals surface area contributed by atoms with Crippen LogP contribution in [0.1, 0.15) is 83.6 Å². The van der Waals surface area contributed by atoms with E-state index >= 15 is 0 Å². The molecule has 1 aliphatic heterocycles. The van der Waals surface area contributed by atoms with Gasteiger partial charge in [-0.3, -0.25) is 19.3 Å². The van der Waals surface area contributed by atoms with Crippen LogP contribution in [-0.2, 0) is 14.4 Å². The van der Waals surface area contributed by atoms with Crippen LogP contribution in [0, 0.1) is 17.8 Å². The van der Waals surface area contributed by atoms with Gasteiger partial charge in [0, 0.05) is 24.3 Å². The third kappa shape index (κ3) is 7.19. The number of imide groups is 1. The van der Waals surface area contributed by atoms with Crippen molar-refractivity contribution in [3.8, 4) is 5.75 Å². The van der Waals surface area contributed by atoms with E-state index in [1.165, 1.54) is 4.90 Å². The van der Waals surface area contributed by atoms with Crippen molar-refractivity contribution in [3.05, 3.63) is 58.7 Å². The van der Waals surface area contributed by atoms with Crippen LogP contribution >= 0.6 is 0 Å². The molecule has 8 heteroatoms. The molecule has 0 saturated carbocycles. The van der Waals surface area contributed by atoms with Gasteiger partial charge in [-0.05, 0) is 67.5 Å². The molecule has 232 valence electrons. The van der Waals surface area contributed by atoms with Gasteiger partial charge in [0.05, 0.1) is 24.5 Å². The Bertz CT molecular complexity index is 1390. The molecule has 0 unspecified atom stereocenters. The minimum Gasteiger partial charge on any atom is -0.507 e. The first kappa shape index (κ1) is 32.4. The van der Waals surface area contributed by atoms with E-state index in [9.17, 15) is 29.7 Å². The number of rotatable bonds is 15. The number of carbonyl (C=O) groups is 3. The van der Waals surface area contributed by atoms with E-state index in [4.69, 9.17) is 5.11 Å². The lowest BCUT2D eigenvalue weighted by atomic mass is 9.67. The van der Waals surface area contributed by atoms with Crippen LogP contribution < -0.4 is 0 Å².